The third kappa shape index (κ3) is 3.25. The van der Waals surface area contributed by atoms with Crippen molar-refractivity contribution >= 4 is 40.6 Å². The summed E-state index contributed by atoms with van der Waals surface area (Å²) in [4.78, 5) is 19.1. The number of rotatable bonds is 3. The van der Waals surface area contributed by atoms with Gasteiger partial charge in [-0.25, -0.2) is 4.98 Å². The molecule has 2 aromatic heterocycles. The van der Waals surface area contributed by atoms with E-state index in [2.05, 4.69) is 15.0 Å². The lowest BCUT2D eigenvalue weighted by molar-refractivity contribution is 0.0974. The second kappa shape index (κ2) is 7.88. The van der Waals surface area contributed by atoms with Gasteiger partial charge in [-0.3, -0.25) is 4.79 Å². The number of hydrogen-bond donors (Lipinski definition) is 2. The monoisotopic (exact) mass is 474 g/mol. The van der Waals surface area contributed by atoms with Crippen LogP contribution in [0.5, 0.6) is 0 Å². The van der Waals surface area contributed by atoms with Crippen LogP contribution in [0, 0.1) is 5.41 Å². The number of hydrogen-bond acceptors (Lipinski definition) is 6. The average Bonchev–Trinajstić information content (AvgIpc) is 3.37. The highest BCUT2D eigenvalue weighted by Gasteiger charge is 2.47. The van der Waals surface area contributed by atoms with Gasteiger partial charge in [0, 0.05) is 35.7 Å². The zero-order valence-electron chi connectivity index (χ0n) is 17.6. The number of halogens is 2. The minimum Gasteiger partial charge on any atom is -0.376 e. The lowest BCUT2D eigenvalue weighted by atomic mass is 9.73. The number of carbonyl (C=O) groups excluding carboxylic acids is 1. The maximum absolute atomic E-state index is 12.5. The van der Waals surface area contributed by atoms with Crippen molar-refractivity contribution in [3.8, 4) is 11.1 Å². The zero-order chi connectivity index (χ0) is 22.6. The van der Waals surface area contributed by atoms with E-state index in [-0.39, 0.29) is 17.6 Å². The van der Waals surface area contributed by atoms with E-state index in [9.17, 15) is 4.79 Å². The van der Waals surface area contributed by atoms with Gasteiger partial charge >= 0.3 is 0 Å². The summed E-state index contributed by atoms with van der Waals surface area (Å²) in [5.41, 5.74) is 14.2. The highest BCUT2D eigenvalue weighted by molar-refractivity contribution is 6.44. The fraction of sp³-hybridized carbons (Fsp3) is 0.409. The zero-order valence-corrected chi connectivity index (χ0v) is 19.1. The highest BCUT2D eigenvalue weighted by atomic mass is 35.5. The topological polar surface area (TPSA) is 112 Å². The number of nitrogens with two attached hydrogens (primary N) is 2. The molecule has 10 heteroatoms. The summed E-state index contributed by atoms with van der Waals surface area (Å²) >= 11 is 12.7. The van der Waals surface area contributed by atoms with Gasteiger partial charge in [0.2, 0.25) is 5.91 Å². The van der Waals surface area contributed by atoms with E-state index in [1.54, 1.807) is 28.8 Å². The minimum absolute atomic E-state index is 0.0157. The fourth-order valence-electron chi connectivity index (χ4n) is 5.00. The molecule has 0 unspecified atom stereocenters. The summed E-state index contributed by atoms with van der Waals surface area (Å²) in [5.74, 6) is 0.180. The lowest BCUT2D eigenvalue weighted by Gasteiger charge is -2.42. The maximum atomic E-state index is 12.5. The molecule has 8 nitrogen and oxygen atoms in total. The van der Waals surface area contributed by atoms with E-state index in [1.165, 1.54) is 6.33 Å². The van der Waals surface area contributed by atoms with E-state index in [0.717, 1.165) is 31.7 Å². The van der Waals surface area contributed by atoms with E-state index in [4.69, 9.17) is 39.4 Å². The van der Waals surface area contributed by atoms with Crippen LogP contribution in [0.4, 0.5) is 5.82 Å². The van der Waals surface area contributed by atoms with Gasteiger partial charge in [-0.05, 0) is 31.9 Å². The van der Waals surface area contributed by atoms with Crippen LogP contribution in [-0.2, 0) is 4.74 Å². The maximum Gasteiger partial charge on any atom is 0.249 e. The standard InChI is InChI=1S/C22H24Cl2N6O2/c1-12-19(25)22(10-32-12)5-7-29(8-6-22)16-9-14(20(26)31)17(21-27-11-28-30(16)21)13-3-2-4-15(23)18(13)24/h2-4,9,11-12,19H,5-8,10,25H2,1H3,(H2,26,31)/t12-,19+/m0/s1. The predicted molar refractivity (Wildman–Crippen MR) is 124 cm³/mol. The molecule has 2 saturated heterocycles. The van der Waals surface area contributed by atoms with Crippen LogP contribution >= 0.6 is 23.2 Å². The lowest BCUT2D eigenvalue weighted by Crippen LogP contribution is -2.51. The molecule has 32 heavy (non-hydrogen) atoms. The summed E-state index contributed by atoms with van der Waals surface area (Å²) in [7, 11) is 0. The van der Waals surface area contributed by atoms with Gasteiger partial charge in [0.25, 0.3) is 0 Å². The van der Waals surface area contributed by atoms with Gasteiger partial charge in [0.05, 0.1) is 28.3 Å². The summed E-state index contributed by atoms with van der Waals surface area (Å²) in [5, 5.41) is 5.15. The van der Waals surface area contributed by atoms with Crippen LogP contribution in [0.15, 0.2) is 30.6 Å². The third-order valence-corrected chi connectivity index (χ3v) is 7.77. The largest absolute Gasteiger partial charge is 0.376 e. The van der Waals surface area contributed by atoms with Crippen molar-refractivity contribution in [3.05, 3.63) is 46.2 Å². The van der Waals surface area contributed by atoms with Crippen molar-refractivity contribution in [3.63, 3.8) is 0 Å². The minimum atomic E-state index is -0.573. The normalized spacial score (nSPS) is 22.7. The van der Waals surface area contributed by atoms with E-state index in [1.807, 2.05) is 6.92 Å². The quantitative estimate of drug-likeness (QED) is 0.602. The number of aromatic nitrogens is 3. The molecular formula is C22H24Cl2N6O2. The molecule has 3 aromatic rings. The van der Waals surface area contributed by atoms with Gasteiger partial charge in [-0.2, -0.15) is 9.61 Å². The first-order valence-electron chi connectivity index (χ1n) is 10.6. The Kier molecular flexibility index (Phi) is 5.28. The molecule has 2 aliphatic heterocycles. The van der Waals surface area contributed by atoms with E-state index < -0.39 is 5.91 Å². The molecule has 5 rings (SSSR count). The molecule has 0 aliphatic carbocycles. The van der Waals surface area contributed by atoms with Crippen LogP contribution in [0.3, 0.4) is 0 Å². The molecule has 0 bridgehead atoms. The smallest absolute Gasteiger partial charge is 0.249 e. The number of benzene rings is 1. The Morgan fingerprint density at radius 3 is 2.69 bits per heavy atom. The van der Waals surface area contributed by atoms with E-state index in [0.29, 0.717) is 39.0 Å². The molecule has 1 aromatic carbocycles. The second-order valence-electron chi connectivity index (χ2n) is 8.64. The first-order chi connectivity index (χ1) is 15.3. The Morgan fingerprint density at radius 1 is 1.28 bits per heavy atom. The molecule has 0 saturated carbocycles. The molecule has 1 amide bonds. The fourth-order valence-corrected chi connectivity index (χ4v) is 5.39. The van der Waals surface area contributed by atoms with Crippen LogP contribution in [0.1, 0.15) is 30.1 Å². The summed E-state index contributed by atoms with van der Waals surface area (Å²) in [6.45, 7) is 4.23. The van der Waals surface area contributed by atoms with Crippen LogP contribution < -0.4 is 16.4 Å². The molecule has 2 fully saturated rings. The van der Waals surface area contributed by atoms with E-state index >= 15 is 0 Å². The van der Waals surface area contributed by atoms with Crippen LogP contribution in [0.2, 0.25) is 10.0 Å². The number of ether oxygens (including phenoxy) is 1. The predicted octanol–water partition coefficient (Wildman–Crippen LogP) is 3.13. The van der Waals surface area contributed by atoms with Crippen LogP contribution in [0.25, 0.3) is 16.8 Å². The molecule has 4 heterocycles. The first kappa shape index (κ1) is 21.5. The highest BCUT2D eigenvalue weighted by Crippen LogP contribution is 2.43. The van der Waals surface area contributed by atoms with Gasteiger partial charge < -0.3 is 21.1 Å². The van der Waals surface area contributed by atoms with Gasteiger partial charge in [0.15, 0.2) is 5.65 Å². The first-order valence-corrected chi connectivity index (χ1v) is 11.3. The molecule has 2 atom stereocenters. The van der Waals surface area contributed by atoms with Gasteiger partial charge in [-0.1, -0.05) is 35.3 Å². The third-order valence-electron chi connectivity index (χ3n) is 6.95. The van der Waals surface area contributed by atoms with Gasteiger partial charge in [-0.15, -0.1) is 0 Å². The summed E-state index contributed by atoms with van der Waals surface area (Å²) in [6.07, 6.45) is 3.30. The number of amides is 1. The van der Waals surface area contributed by atoms with Gasteiger partial charge in [0.1, 0.15) is 12.1 Å². The molecule has 2 aliphatic rings. The van der Waals surface area contributed by atoms with Crippen molar-refractivity contribution in [2.75, 3.05) is 24.6 Å². The summed E-state index contributed by atoms with van der Waals surface area (Å²) in [6, 6.07) is 7.03. The van der Waals surface area contributed by atoms with Crippen molar-refractivity contribution in [1.82, 2.24) is 14.6 Å². The number of anilines is 1. The Balaban J connectivity index is 1.59. The molecular weight excluding hydrogens is 451 g/mol. The van der Waals surface area contributed by atoms with Crippen molar-refractivity contribution in [1.29, 1.82) is 0 Å². The number of piperidine rings is 1. The van der Waals surface area contributed by atoms with Crippen molar-refractivity contribution in [2.24, 2.45) is 16.9 Å². The Labute approximate surface area is 195 Å². The molecule has 0 radical (unpaired) electrons. The number of primary amides is 1. The molecule has 4 N–H and O–H groups in total. The molecule has 1 spiro atoms. The Morgan fingerprint density at radius 2 is 2.03 bits per heavy atom. The number of carbonyl (C=O) groups is 1. The number of fused-ring (bicyclic) bond motifs is 1. The molecule has 168 valence electrons. The van der Waals surface area contributed by atoms with Crippen molar-refractivity contribution in [2.45, 2.75) is 31.9 Å². The average molecular weight is 475 g/mol. The number of nitrogens with zero attached hydrogens (tertiary/aromatic N) is 4. The summed E-state index contributed by atoms with van der Waals surface area (Å²) < 4.78 is 7.56. The second-order valence-corrected chi connectivity index (χ2v) is 9.43. The Hall–Kier alpha value is -2.39. The van der Waals surface area contributed by atoms with Crippen molar-refractivity contribution < 1.29 is 9.53 Å². The number of pyridine rings is 1. The van der Waals surface area contributed by atoms with Crippen LogP contribution in [-0.4, -0.2) is 52.3 Å². The Bertz CT molecular complexity index is 1200. The SMILES string of the molecule is C[C@@H]1OCC2(CCN(c3cc(C(N)=O)c(-c4cccc(Cl)c4Cl)c4ncnn34)CC2)[C@@H]1N.